The van der Waals surface area contributed by atoms with E-state index in [0.717, 1.165) is 19.3 Å². The zero-order chi connectivity index (χ0) is 13.9. The van der Waals surface area contributed by atoms with Gasteiger partial charge >= 0.3 is 7.82 Å². The molecular weight excluding hydrogens is 298 g/mol. The Hall–Kier alpha value is 0.690. The molecule has 0 amide bonds. The van der Waals surface area contributed by atoms with E-state index in [1.54, 1.807) is 0 Å². The largest absolute Gasteiger partial charge is 0.472 e. The Balaban J connectivity index is 3.43. The van der Waals surface area contributed by atoms with Crippen LogP contribution in [0.3, 0.4) is 0 Å². The zero-order valence-corrected chi connectivity index (χ0v) is 13.2. The van der Waals surface area contributed by atoms with Gasteiger partial charge < -0.3 is 4.89 Å². The molecule has 1 atom stereocenters. The lowest BCUT2D eigenvalue weighted by Crippen LogP contribution is -2.01. The van der Waals surface area contributed by atoms with Crippen LogP contribution in [0.4, 0.5) is 0 Å². The van der Waals surface area contributed by atoms with E-state index < -0.39 is 12.7 Å². The molecule has 4 nitrogen and oxygen atoms in total. The third kappa shape index (κ3) is 13.1. The van der Waals surface area contributed by atoms with Crippen LogP contribution in [0.15, 0.2) is 0 Å². The fourth-order valence-electron chi connectivity index (χ4n) is 1.36. The number of halogens is 2. The Kier molecular flexibility index (Phi) is 12.0. The van der Waals surface area contributed by atoms with Gasteiger partial charge in [0, 0.05) is 6.42 Å². The summed E-state index contributed by atoms with van der Waals surface area (Å²) in [6, 6.07) is 0. The Bertz CT molecular complexity index is 239. The van der Waals surface area contributed by atoms with Crippen LogP contribution in [0.1, 0.15) is 51.9 Å². The molecule has 0 saturated heterocycles. The molecular formula is C11H23Cl2O4P. The van der Waals surface area contributed by atoms with Crippen molar-refractivity contribution in [2.45, 2.75) is 56.7 Å². The maximum atomic E-state index is 11.4. The van der Waals surface area contributed by atoms with Crippen LogP contribution in [0.2, 0.25) is 0 Å². The van der Waals surface area contributed by atoms with E-state index in [0.29, 0.717) is 6.42 Å². The monoisotopic (exact) mass is 320 g/mol. The third-order valence-corrected chi connectivity index (χ3v) is 3.80. The number of alkyl halides is 2. The van der Waals surface area contributed by atoms with Gasteiger partial charge in [-0.1, -0.05) is 39.0 Å². The van der Waals surface area contributed by atoms with Crippen LogP contribution in [-0.4, -0.2) is 22.9 Å². The van der Waals surface area contributed by atoms with Gasteiger partial charge in [0.15, 0.2) is 0 Å². The van der Waals surface area contributed by atoms with Crippen molar-refractivity contribution >= 4 is 31.0 Å². The molecule has 1 unspecified atom stereocenters. The van der Waals surface area contributed by atoms with E-state index in [9.17, 15) is 9.46 Å². The van der Waals surface area contributed by atoms with Crippen LogP contribution in [0.25, 0.3) is 0 Å². The maximum absolute atomic E-state index is 11.4. The third-order valence-electron chi connectivity index (χ3n) is 2.34. The Morgan fingerprint density at radius 3 is 2.22 bits per heavy atom. The van der Waals surface area contributed by atoms with Crippen LogP contribution < -0.4 is 0 Å². The molecule has 0 rings (SSSR count). The minimum Gasteiger partial charge on any atom is -0.302 e. The second-order valence-electron chi connectivity index (χ2n) is 4.08. The molecule has 7 heteroatoms. The van der Waals surface area contributed by atoms with Gasteiger partial charge in [-0.05, 0) is 6.42 Å². The van der Waals surface area contributed by atoms with E-state index >= 15 is 0 Å². The first-order chi connectivity index (χ1) is 8.48. The lowest BCUT2D eigenvalue weighted by molar-refractivity contribution is 0.147. The molecule has 1 N–H and O–H groups in total. The summed E-state index contributed by atoms with van der Waals surface area (Å²) in [5.41, 5.74) is 0. The average Bonchev–Trinajstić information content (AvgIpc) is 2.27. The van der Waals surface area contributed by atoms with E-state index in [4.69, 9.17) is 32.2 Å². The summed E-state index contributed by atoms with van der Waals surface area (Å²) in [4.78, 5) is 8.70. The number of phosphoric ester groups is 1. The predicted molar refractivity (Wildman–Crippen MR) is 75.2 cm³/mol. The summed E-state index contributed by atoms with van der Waals surface area (Å²) in [5, 5.41) is 0. The van der Waals surface area contributed by atoms with Crippen molar-refractivity contribution in [2.24, 2.45) is 0 Å². The number of unbranched alkanes of at least 4 members (excludes halogenated alkanes) is 5. The molecule has 0 fully saturated rings. The summed E-state index contributed by atoms with van der Waals surface area (Å²) in [6.07, 6.45) is 6.86. The normalized spacial score (nSPS) is 14.9. The van der Waals surface area contributed by atoms with E-state index in [-0.39, 0.29) is 13.2 Å². The Morgan fingerprint density at radius 2 is 1.61 bits per heavy atom. The van der Waals surface area contributed by atoms with Crippen molar-refractivity contribution < 1.29 is 18.5 Å². The second-order valence-corrected chi connectivity index (χ2v) is 6.81. The molecule has 0 aliphatic carbocycles. The summed E-state index contributed by atoms with van der Waals surface area (Å²) >= 11 is 10.9. The molecule has 0 saturated carbocycles. The van der Waals surface area contributed by atoms with Gasteiger partial charge in [-0.15, -0.1) is 23.2 Å². The van der Waals surface area contributed by atoms with Crippen molar-refractivity contribution in [1.82, 2.24) is 0 Å². The van der Waals surface area contributed by atoms with Gasteiger partial charge in [0.25, 0.3) is 0 Å². The van der Waals surface area contributed by atoms with Crippen molar-refractivity contribution in [3.63, 3.8) is 0 Å². The highest BCUT2D eigenvalue weighted by Gasteiger charge is 2.20. The molecule has 110 valence electrons. The van der Waals surface area contributed by atoms with Crippen LogP contribution in [0.5, 0.6) is 0 Å². The van der Waals surface area contributed by atoms with Crippen LogP contribution >= 0.6 is 31.0 Å². The lowest BCUT2D eigenvalue weighted by Gasteiger charge is -2.12. The zero-order valence-electron chi connectivity index (χ0n) is 10.8. The first-order valence-electron chi connectivity index (χ1n) is 6.38. The number of phosphoric acid groups is 1. The van der Waals surface area contributed by atoms with Gasteiger partial charge in [0.05, 0.1) is 13.2 Å². The van der Waals surface area contributed by atoms with Gasteiger partial charge in [-0.2, -0.15) is 0 Å². The van der Waals surface area contributed by atoms with Crippen LogP contribution in [-0.2, 0) is 13.6 Å². The maximum Gasteiger partial charge on any atom is 0.472 e. The van der Waals surface area contributed by atoms with Gasteiger partial charge in [-0.25, -0.2) is 4.57 Å². The molecule has 0 bridgehead atoms. The molecule has 0 spiro atoms. The highest BCUT2D eigenvalue weighted by molar-refractivity contribution is 7.47. The topological polar surface area (TPSA) is 55.8 Å². The van der Waals surface area contributed by atoms with Gasteiger partial charge in [0.1, 0.15) is 4.84 Å². The molecule has 18 heavy (non-hydrogen) atoms. The number of hydrogen-bond acceptors (Lipinski definition) is 3. The fraction of sp³-hybridized carbons (Fsp3) is 1.00. The molecule has 0 radical (unpaired) electrons. The predicted octanol–water partition coefficient (Wildman–Crippen LogP) is 4.67. The summed E-state index contributed by atoms with van der Waals surface area (Å²) in [7, 11) is -3.93. The molecule has 0 aromatic carbocycles. The second kappa shape index (κ2) is 11.5. The SMILES string of the molecule is CCCCCCCCOP(=O)(O)OCCC(Cl)Cl. The molecule has 0 heterocycles. The first-order valence-corrected chi connectivity index (χ1v) is 8.75. The van der Waals surface area contributed by atoms with Crippen molar-refractivity contribution in [1.29, 1.82) is 0 Å². The lowest BCUT2D eigenvalue weighted by atomic mass is 10.1. The quantitative estimate of drug-likeness (QED) is 0.322. The van der Waals surface area contributed by atoms with Crippen molar-refractivity contribution in [3.8, 4) is 0 Å². The van der Waals surface area contributed by atoms with Crippen molar-refractivity contribution in [3.05, 3.63) is 0 Å². The summed E-state index contributed by atoms with van der Waals surface area (Å²) in [5.74, 6) is 0. The standard InChI is InChI=1S/C11H23Cl2O4P/c1-2-3-4-5-6-7-9-16-18(14,15)17-10-8-11(12)13/h11H,2-10H2,1H3,(H,14,15). The molecule has 0 aromatic heterocycles. The molecule has 0 aromatic rings. The number of hydrogen-bond donors (Lipinski definition) is 1. The summed E-state index contributed by atoms with van der Waals surface area (Å²) in [6.45, 7) is 2.42. The number of rotatable bonds is 12. The Morgan fingerprint density at radius 1 is 1.06 bits per heavy atom. The van der Waals surface area contributed by atoms with E-state index in [1.807, 2.05) is 0 Å². The molecule has 0 aliphatic rings. The summed E-state index contributed by atoms with van der Waals surface area (Å²) < 4.78 is 20.9. The van der Waals surface area contributed by atoms with E-state index in [1.165, 1.54) is 19.3 Å². The highest BCUT2D eigenvalue weighted by Crippen LogP contribution is 2.43. The highest BCUT2D eigenvalue weighted by atomic mass is 35.5. The fourth-order valence-corrected chi connectivity index (χ4v) is 2.31. The van der Waals surface area contributed by atoms with Crippen LogP contribution in [0, 0.1) is 0 Å². The molecule has 0 aliphatic heterocycles. The Labute approximate surface area is 120 Å². The van der Waals surface area contributed by atoms with E-state index in [2.05, 4.69) is 6.92 Å². The van der Waals surface area contributed by atoms with Crippen molar-refractivity contribution in [2.75, 3.05) is 13.2 Å². The minimum atomic E-state index is -3.93. The average molecular weight is 321 g/mol. The van der Waals surface area contributed by atoms with Gasteiger partial charge in [0.2, 0.25) is 0 Å². The first kappa shape index (κ1) is 18.7. The minimum absolute atomic E-state index is 0.0158. The smallest absolute Gasteiger partial charge is 0.302 e. The van der Waals surface area contributed by atoms with Gasteiger partial charge in [-0.3, -0.25) is 9.05 Å².